The number of esters is 1. The van der Waals surface area contributed by atoms with Crippen molar-refractivity contribution >= 4 is 43.6 Å². The summed E-state index contributed by atoms with van der Waals surface area (Å²) in [6.07, 6.45) is -0.268. The second-order valence-corrected chi connectivity index (χ2v) is 5.07. The summed E-state index contributed by atoms with van der Waals surface area (Å²) in [4.78, 5) is 22.5. The van der Waals surface area contributed by atoms with Gasteiger partial charge < -0.3 is 9.47 Å². The first kappa shape index (κ1) is 15.2. The quantitative estimate of drug-likeness (QED) is 0.562. The zero-order valence-corrected chi connectivity index (χ0v) is 12.9. The molecule has 1 aromatic carbocycles. The number of halogens is 2. The molecule has 1 aromatic rings. The predicted octanol–water partition coefficient (Wildman–Crippen LogP) is 3.11. The number of hydrogen-bond donors (Lipinski definition) is 0. The van der Waals surface area contributed by atoms with Crippen LogP contribution in [0.5, 0.6) is 5.75 Å². The molecule has 98 valence electrons. The molecule has 4 nitrogen and oxygen atoms in total. The zero-order chi connectivity index (χ0) is 13.5. The van der Waals surface area contributed by atoms with Gasteiger partial charge in [0.25, 0.3) is 0 Å². The van der Waals surface area contributed by atoms with Crippen LogP contribution in [0.25, 0.3) is 0 Å². The zero-order valence-electron chi connectivity index (χ0n) is 9.74. The molecule has 0 N–H and O–H groups in total. The van der Waals surface area contributed by atoms with E-state index in [9.17, 15) is 9.59 Å². The molecule has 0 bridgehead atoms. The smallest absolute Gasteiger partial charge is 0.313 e. The Hall–Kier alpha value is -0.880. The lowest BCUT2D eigenvalue weighted by atomic mass is 10.3. The van der Waals surface area contributed by atoms with E-state index >= 15 is 0 Å². The molecule has 0 aliphatic rings. The number of carbonyl (C=O) groups excluding carboxylic acids is 2. The Kier molecular flexibility index (Phi) is 6.35. The SMILES string of the molecule is CCOC(=O)CC(=O)COc1c(Br)cccc1Br. The minimum absolute atomic E-state index is 0.167. The molecule has 18 heavy (non-hydrogen) atoms. The van der Waals surface area contributed by atoms with E-state index in [2.05, 4.69) is 36.6 Å². The van der Waals surface area contributed by atoms with Crippen LogP contribution < -0.4 is 4.74 Å². The Bertz CT molecular complexity index is 425. The van der Waals surface area contributed by atoms with Crippen molar-refractivity contribution in [2.45, 2.75) is 13.3 Å². The van der Waals surface area contributed by atoms with Crippen molar-refractivity contribution in [3.8, 4) is 5.75 Å². The summed E-state index contributed by atoms with van der Waals surface area (Å²) in [6.45, 7) is 1.79. The lowest BCUT2D eigenvalue weighted by Gasteiger charge is -2.09. The summed E-state index contributed by atoms with van der Waals surface area (Å²) in [5.41, 5.74) is 0. The molecule has 1 rings (SSSR count). The fourth-order valence-corrected chi connectivity index (χ4v) is 2.42. The molecule has 0 atom stereocenters. The van der Waals surface area contributed by atoms with Crippen molar-refractivity contribution in [2.75, 3.05) is 13.2 Å². The van der Waals surface area contributed by atoms with Crippen molar-refractivity contribution in [3.63, 3.8) is 0 Å². The Morgan fingerprint density at radius 1 is 1.22 bits per heavy atom. The largest absolute Gasteiger partial charge is 0.483 e. The standard InChI is InChI=1S/C12H12Br2O4/c1-2-17-11(16)6-8(15)7-18-12-9(13)4-3-5-10(12)14/h3-5H,2,6-7H2,1H3. The van der Waals surface area contributed by atoms with Gasteiger partial charge in [0.15, 0.2) is 5.78 Å². The highest BCUT2D eigenvalue weighted by Gasteiger charge is 2.13. The van der Waals surface area contributed by atoms with E-state index in [4.69, 9.17) is 4.74 Å². The van der Waals surface area contributed by atoms with Crippen LogP contribution in [0.4, 0.5) is 0 Å². The third-order valence-electron chi connectivity index (χ3n) is 1.94. The number of benzene rings is 1. The van der Waals surface area contributed by atoms with Gasteiger partial charge in [-0.2, -0.15) is 0 Å². The molecule has 0 heterocycles. The van der Waals surface area contributed by atoms with Gasteiger partial charge in [0.2, 0.25) is 0 Å². The van der Waals surface area contributed by atoms with E-state index in [1.54, 1.807) is 19.1 Å². The first-order valence-corrected chi connectivity index (χ1v) is 6.87. The molecule has 0 unspecified atom stereocenters. The molecular weight excluding hydrogens is 368 g/mol. The third-order valence-corrected chi connectivity index (χ3v) is 3.19. The van der Waals surface area contributed by atoms with Crippen LogP contribution in [-0.2, 0) is 14.3 Å². The number of rotatable bonds is 6. The van der Waals surface area contributed by atoms with Crippen LogP contribution in [0.1, 0.15) is 13.3 Å². The Labute approximate surface area is 122 Å². The van der Waals surface area contributed by atoms with Crippen LogP contribution in [0, 0.1) is 0 Å². The first-order chi connectivity index (χ1) is 8.54. The van der Waals surface area contributed by atoms with Crippen LogP contribution in [-0.4, -0.2) is 25.0 Å². The maximum atomic E-state index is 11.5. The normalized spacial score (nSPS) is 9.94. The van der Waals surface area contributed by atoms with Crippen LogP contribution in [0.15, 0.2) is 27.1 Å². The van der Waals surface area contributed by atoms with Crippen molar-refractivity contribution in [3.05, 3.63) is 27.1 Å². The van der Waals surface area contributed by atoms with Crippen LogP contribution >= 0.6 is 31.9 Å². The van der Waals surface area contributed by atoms with E-state index in [1.165, 1.54) is 0 Å². The number of ketones is 1. The summed E-state index contributed by atoms with van der Waals surface area (Å²) >= 11 is 6.63. The summed E-state index contributed by atoms with van der Waals surface area (Å²) in [6, 6.07) is 5.44. The monoisotopic (exact) mass is 378 g/mol. The molecule has 0 saturated carbocycles. The van der Waals surface area contributed by atoms with Gasteiger partial charge in [0.1, 0.15) is 18.8 Å². The number of hydrogen-bond acceptors (Lipinski definition) is 4. The minimum Gasteiger partial charge on any atom is -0.483 e. The second kappa shape index (κ2) is 7.53. The number of Topliss-reactive ketones (excluding diaryl/α,β-unsaturated/α-hetero) is 1. The Morgan fingerprint density at radius 3 is 2.39 bits per heavy atom. The van der Waals surface area contributed by atoms with Gasteiger partial charge in [-0.15, -0.1) is 0 Å². The van der Waals surface area contributed by atoms with Gasteiger partial charge in [-0.1, -0.05) is 6.07 Å². The van der Waals surface area contributed by atoms with Crippen LogP contribution in [0.3, 0.4) is 0 Å². The lowest BCUT2D eigenvalue weighted by Crippen LogP contribution is -2.17. The fourth-order valence-electron chi connectivity index (χ4n) is 1.20. The van der Waals surface area contributed by atoms with Gasteiger partial charge in [-0.3, -0.25) is 9.59 Å². The first-order valence-electron chi connectivity index (χ1n) is 5.28. The van der Waals surface area contributed by atoms with E-state index in [1.807, 2.05) is 6.07 Å². The summed E-state index contributed by atoms with van der Waals surface area (Å²) < 4.78 is 11.5. The van der Waals surface area contributed by atoms with Crippen molar-refractivity contribution in [1.82, 2.24) is 0 Å². The van der Waals surface area contributed by atoms with Crippen molar-refractivity contribution in [2.24, 2.45) is 0 Å². The number of para-hydroxylation sites is 1. The maximum absolute atomic E-state index is 11.5. The highest BCUT2D eigenvalue weighted by Crippen LogP contribution is 2.32. The Morgan fingerprint density at radius 2 is 1.83 bits per heavy atom. The van der Waals surface area contributed by atoms with Crippen molar-refractivity contribution in [1.29, 1.82) is 0 Å². The third kappa shape index (κ3) is 4.78. The summed E-state index contributed by atoms with van der Waals surface area (Å²) in [5, 5.41) is 0. The molecular formula is C12H12Br2O4. The molecule has 0 amide bonds. The number of ether oxygens (including phenoxy) is 2. The van der Waals surface area contributed by atoms with Gasteiger partial charge in [-0.05, 0) is 50.9 Å². The van der Waals surface area contributed by atoms with E-state index in [0.29, 0.717) is 5.75 Å². The molecule has 0 aromatic heterocycles. The predicted molar refractivity (Wildman–Crippen MR) is 73.6 cm³/mol. The average Bonchev–Trinajstić information content (AvgIpc) is 2.28. The topological polar surface area (TPSA) is 52.6 Å². The van der Waals surface area contributed by atoms with E-state index < -0.39 is 5.97 Å². The van der Waals surface area contributed by atoms with E-state index in [-0.39, 0.29) is 25.4 Å². The van der Waals surface area contributed by atoms with Gasteiger partial charge in [-0.25, -0.2) is 0 Å². The molecule has 0 radical (unpaired) electrons. The average molecular weight is 380 g/mol. The Balaban J connectivity index is 2.50. The molecule has 0 aliphatic carbocycles. The molecule has 0 fully saturated rings. The van der Waals surface area contributed by atoms with Crippen LogP contribution in [0.2, 0.25) is 0 Å². The highest BCUT2D eigenvalue weighted by molar-refractivity contribution is 9.11. The second-order valence-electron chi connectivity index (χ2n) is 3.36. The lowest BCUT2D eigenvalue weighted by molar-refractivity contribution is -0.145. The maximum Gasteiger partial charge on any atom is 0.313 e. The highest BCUT2D eigenvalue weighted by atomic mass is 79.9. The summed E-state index contributed by atoms with van der Waals surface area (Å²) in [7, 11) is 0. The van der Waals surface area contributed by atoms with Crippen molar-refractivity contribution < 1.29 is 19.1 Å². The number of carbonyl (C=O) groups is 2. The summed E-state index contributed by atoms with van der Waals surface area (Å²) in [5.74, 6) is -0.317. The van der Waals surface area contributed by atoms with E-state index in [0.717, 1.165) is 8.95 Å². The van der Waals surface area contributed by atoms with Gasteiger partial charge in [0.05, 0.1) is 15.6 Å². The minimum atomic E-state index is -0.530. The fraction of sp³-hybridized carbons (Fsp3) is 0.333. The molecule has 0 saturated heterocycles. The van der Waals surface area contributed by atoms with Gasteiger partial charge >= 0.3 is 5.97 Å². The molecule has 0 aliphatic heterocycles. The molecule has 6 heteroatoms. The van der Waals surface area contributed by atoms with Gasteiger partial charge in [0, 0.05) is 0 Å². The molecule has 0 spiro atoms.